The van der Waals surface area contributed by atoms with Crippen molar-refractivity contribution in [1.82, 2.24) is 20.1 Å². The highest BCUT2D eigenvalue weighted by Crippen LogP contribution is 2.24. The predicted octanol–water partition coefficient (Wildman–Crippen LogP) is 1.32. The van der Waals surface area contributed by atoms with Crippen LogP contribution in [0.3, 0.4) is 0 Å². The van der Waals surface area contributed by atoms with Gasteiger partial charge in [-0.05, 0) is 48.7 Å². The topological polar surface area (TPSA) is 84.0 Å². The lowest BCUT2D eigenvalue weighted by molar-refractivity contribution is -0.141. The first-order valence-corrected chi connectivity index (χ1v) is 11.0. The number of benzene rings is 1. The highest BCUT2D eigenvalue weighted by molar-refractivity contribution is 5.82. The summed E-state index contributed by atoms with van der Waals surface area (Å²) < 4.78 is 11.3. The van der Waals surface area contributed by atoms with Crippen LogP contribution in [0.1, 0.15) is 28.6 Å². The lowest BCUT2D eigenvalue weighted by Gasteiger charge is -2.35. The van der Waals surface area contributed by atoms with E-state index in [0.717, 1.165) is 34.7 Å². The van der Waals surface area contributed by atoms with Crippen LogP contribution in [0, 0.1) is 6.92 Å². The minimum atomic E-state index is -0.263. The number of nitrogens with one attached hydrogen (secondary N) is 1. The Bertz CT molecular complexity index is 980. The maximum absolute atomic E-state index is 12.9. The molecule has 2 saturated heterocycles. The van der Waals surface area contributed by atoms with Gasteiger partial charge in [0.2, 0.25) is 11.8 Å². The summed E-state index contributed by atoms with van der Waals surface area (Å²) in [7, 11) is 1.67. The zero-order chi connectivity index (χ0) is 22.5. The van der Waals surface area contributed by atoms with Gasteiger partial charge in [0.15, 0.2) is 0 Å². The van der Waals surface area contributed by atoms with E-state index in [1.54, 1.807) is 7.11 Å². The second-order valence-corrected chi connectivity index (χ2v) is 8.33. The van der Waals surface area contributed by atoms with Gasteiger partial charge in [-0.1, -0.05) is 12.1 Å². The second-order valence-electron chi connectivity index (χ2n) is 8.33. The molecule has 1 aromatic heterocycles. The molecule has 8 nitrogen and oxygen atoms in total. The molecule has 2 fully saturated rings. The van der Waals surface area contributed by atoms with Gasteiger partial charge in [-0.15, -0.1) is 0 Å². The van der Waals surface area contributed by atoms with Crippen molar-refractivity contribution in [2.45, 2.75) is 19.4 Å². The molecule has 0 saturated carbocycles. The number of carbonyl (C=O) groups excluding carboxylic acids is 2. The van der Waals surface area contributed by atoms with Crippen molar-refractivity contribution in [3.8, 4) is 5.75 Å². The Kier molecular flexibility index (Phi) is 7.02. The second kappa shape index (κ2) is 10.1. The molecule has 0 spiro atoms. The molecule has 8 heteroatoms. The SMILES string of the molecule is COc1cccc(Cc2cc(C)nc([C@@H]3CN(C(=O)CN4CCNC(=O)C4)CCO3)c2)c1. The molecular weight excluding hydrogens is 408 g/mol. The van der Waals surface area contributed by atoms with E-state index in [4.69, 9.17) is 14.5 Å². The van der Waals surface area contributed by atoms with Gasteiger partial charge in [0.25, 0.3) is 0 Å². The quantitative estimate of drug-likeness (QED) is 0.733. The number of nitrogens with zero attached hydrogens (tertiary/aromatic N) is 3. The number of ether oxygens (including phenoxy) is 2. The summed E-state index contributed by atoms with van der Waals surface area (Å²) in [6.45, 7) is 5.27. The van der Waals surface area contributed by atoms with E-state index in [1.165, 1.54) is 0 Å². The molecule has 0 bridgehead atoms. The Labute approximate surface area is 188 Å². The van der Waals surface area contributed by atoms with E-state index in [0.29, 0.717) is 32.8 Å². The van der Waals surface area contributed by atoms with E-state index < -0.39 is 0 Å². The van der Waals surface area contributed by atoms with E-state index in [2.05, 4.69) is 23.5 Å². The van der Waals surface area contributed by atoms with Crippen molar-refractivity contribution >= 4 is 11.8 Å². The van der Waals surface area contributed by atoms with Crippen LogP contribution in [0.15, 0.2) is 36.4 Å². The van der Waals surface area contributed by atoms with Crippen LogP contribution in [0.4, 0.5) is 0 Å². The summed E-state index contributed by atoms with van der Waals surface area (Å²) >= 11 is 0. The summed E-state index contributed by atoms with van der Waals surface area (Å²) in [4.78, 5) is 32.9. The number of morpholine rings is 1. The number of pyridine rings is 1. The zero-order valence-corrected chi connectivity index (χ0v) is 18.7. The minimum Gasteiger partial charge on any atom is -0.497 e. The molecule has 1 aromatic carbocycles. The summed E-state index contributed by atoms with van der Waals surface area (Å²) in [5.41, 5.74) is 4.07. The van der Waals surface area contributed by atoms with Crippen molar-refractivity contribution in [3.63, 3.8) is 0 Å². The van der Waals surface area contributed by atoms with Crippen LogP contribution in [-0.4, -0.2) is 79.6 Å². The van der Waals surface area contributed by atoms with Gasteiger partial charge in [0.1, 0.15) is 11.9 Å². The maximum Gasteiger partial charge on any atom is 0.236 e. The van der Waals surface area contributed by atoms with Gasteiger partial charge in [0.05, 0.1) is 39.0 Å². The van der Waals surface area contributed by atoms with Gasteiger partial charge in [-0.3, -0.25) is 19.5 Å². The lowest BCUT2D eigenvalue weighted by Crippen LogP contribution is -2.52. The smallest absolute Gasteiger partial charge is 0.236 e. The van der Waals surface area contributed by atoms with Crippen LogP contribution >= 0.6 is 0 Å². The van der Waals surface area contributed by atoms with Crippen LogP contribution in [-0.2, 0) is 20.7 Å². The summed E-state index contributed by atoms with van der Waals surface area (Å²) in [6.07, 6.45) is 0.501. The third-order valence-electron chi connectivity index (χ3n) is 5.80. The molecule has 1 atom stereocenters. The van der Waals surface area contributed by atoms with Gasteiger partial charge in [0, 0.05) is 25.3 Å². The van der Waals surface area contributed by atoms with Crippen molar-refractivity contribution in [2.75, 3.05) is 53.0 Å². The van der Waals surface area contributed by atoms with E-state index in [1.807, 2.05) is 34.9 Å². The molecule has 2 aromatic rings. The predicted molar refractivity (Wildman–Crippen MR) is 119 cm³/mol. The van der Waals surface area contributed by atoms with Crippen molar-refractivity contribution in [2.24, 2.45) is 0 Å². The molecule has 0 aliphatic carbocycles. The molecule has 2 aliphatic heterocycles. The molecule has 32 heavy (non-hydrogen) atoms. The fourth-order valence-electron chi connectivity index (χ4n) is 4.23. The normalized spacial score (nSPS) is 19.5. The number of amides is 2. The average molecular weight is 439 g/mol. The number of aromatic nitrogens is 1. The van der Waals surface area contributed by atoms with Crippen molar-refractivity contribution < 1.29 is 19.1 Å². The molecule has 0 unspecified atom stereocenters. The molecule has 2 aliphatic rings. The zero-order valence-electron chi connectivity index (χ0n) is 18.7. The van der Waals surface area contributed by atoms with E-state index >= 15 is 0 Å². The molecule has 1 N–H and O–H groups in total. The Balaban J connectivity index is 1.43. The van der Waals surface area contributed by atoms with Crippen LogP contribution in [0.25, 0.3) is 0 Å². The molecule has 3 heterocycles. The summed E-state index contributed by atoms with van der Waals surface area (Å²) in [5.74, 6) is 0.832. The Morgan fingerprint density at radius 2 is 2.12 bits per heavy atom. The monoisotopic (exact) mass is 438 g/mol. The first-order chi connectivity index (χ1) is 15.5. The number of methoxy groups -OCH3 is 1. The lowest BCUT2D eigenvalue weighted by atomic mass is 10.0. The number of hydrogen-bond donors (Lipinski definition) is 1. The Morgan fingerprint density at radius 3 is 2.94 bits per heavy atom. The number of carbonyl (C=O) groups is 2. The van der Waals surface area contributed by atoms with Gasteiger partial charge in [-0.25, -0.2) is 0 Å². The molecular formula is C24H30N4O4. The highest BCUT2D eigenvalue weighted by atomic mass is 16.5. The van der Waals surface area contributed by atoms with Gasteiger partial charge >= 0.3 is 0 Å². The number of hydrogen-bond acceptors (Lipinski definition) is 6. The molecule has 4 rings (SSSR count). The largest absolute Gasteiger partial charge is 0.497 e. The average Bonchev–Trinajstić information content (AvgIpc) is 2.79. The number of aryl methyl sites for hydroxylation is 1. The first kappa shape index (κ1) is 22.2. The van der Waals surface area contributed by atoms with E-state index in [-0.39, 0.29) is 31.0 Å². The Morgan fingerprint density at radius 1 is 1.25 bits per heavy atom. The summed E-state index contributed by atoms with van der Waals surface area (Å²) in [5, 5.41) is 2.79. The summed E-state index contributed by atoms with van der Waals surface area (Å²) in [6, 6.07) is 12.2. The van der Waals surface area contributed by atoms with Gasteiger partial charge < -0.3 is 19.7 Å². The van der Waals surface area contributed by atoms with Crippen molar-refractivity contribution in [1.29, 1.82) is 0 Å². The third kappa shape index (κ3) is 5.63. The maximum atomic E-state index is 12.9. The van der Waals surface area contributed by atoms with Crippen LogP contribution in [0.2, 0.25) is 0 Å². The standard InChI is InChI=1S/C24H30N4O4/c1-17-10-19(11-18-4-3-5-20(12-18)31-2)13-21(26-17)22-14-28(8-9-32-22)24(30)16-27-7-6-25-23(29)15-27/h3-5,10,12-13,22H,6-9,11,14-16H2,1-2H3,(H,25,29)/t22-/m0/s1. The van der Waals surface area contributed by atoms with Crippen LogP contribution < -0.4 is 10.1 Å². The van der Waals surface area contributed by atoms with Crippen molar-refractivity contribution in [3.05, 3.63) is 58.9 Å². The first-order valence-electron chi connectivity index (χ1n) is 11.0. The number of piperazine rings is 1. The Hall–Kier alpha value is -2.97. The van der Waals surface area contributed by atoms with E-state index in [9.17, 15) is 9.59 Å². The third-order valence-corrected chi connectivity index (χ3v) is 5.80. The van der Waals surface area contributed by atoms with Crippen LogP contribution in [0.5, 0.6) is 5.75 Å². The highest BCUT2D eigenvalue weighted by Gasteiger charge is 2.28. The molecule has 2 amide bonds. The van der Waals surface area contributed by atoms with Gasteiger partial charge in [-0.2, -0.15) is 0 Å². The fourth-order valence-corrected chi connectivity index (χ4v) is 4.23. The number of rotatable bonds is 6. The molecule has 170 valence electrons. The fraction of sp³-hybridized carbons (Fsp3) is 0.458. The molecule has 0 radical (unpaired) electrons. The minimum absolute atomic E-state index is 0.0252.